The van der Waals surface area contributed by atoms with Gasteiger partial charge in [0.1, 0.15) is 5.82 Å². The number of likely N-dealkylation sites (N-methyl/N-ethyl adjacent to an activating group) is 1. The molecule has 4 rings (SSSR count). The summed E-state index contributed by atoms with van der Waals surface area (Å²) in [5.74, 6) is 0.155. The van der Waals surface area contributed by atoms with Gasteiger partial charge in [0.15, 0.2) is 5.11 Å². The molecule has 1 saturated heterocycles. The molecule has 2 aliphatic heterocycles. The third-order valence-corrected chi connectivity index (χ3v) is 5.59. The number of halogens is 1. The van der Waals surface area contributed by atoms with Crippen LogP contribution in [0.3, 0.4) is 0 Å². The van der Waals surface area contributed by atoms with Gasteiger partial charge in [-0.25, -0.2) is 4.39 Å². The molecule has 1 N–H and O–H groups in total. The number of hydrogen-bond donors (Lipinski definition) is 1. The predicted molar refractivity (Wildman–Crippen MR) is 105 cm³/mol. The van der Waals surface area contributed by atoms with Gasteiger partial charge in [-0.3, -0.25) is 0 Å². The lowest BCUT2D eigenvalue weighted by molar-refractivity contribution is 0.237. The third-order valence-electron chi connectivity index (χ3n) is 5.29. The maximum absolute atomic E-state index is 14.0. The molecule has 0 saturated carbocycles. The van der Waals surface area contributed by atoms with Crippen molar-refractivity contribution in [3.05, 3.63) is 59.4 Å². The number of fused-ring (bicyclic) bond motifs is 3. The van der Waals surface area contributed by atoms with Gasteiger partial charge in [-0.15, -0.1) is 0 Å². The monoisotopic (exact) mass is 355 g/mol. The molecule has 2 heterocycles. The van der Waals surface area contributed by atoms with E-state index in [9.17, 15) is 4.39 Å². The fourth-order valence-electron chi connectivity index (χ4n) is 4.08. The van der Waals surface area contributed by atoms with E-state index >= 15 is 0 Å². The van der Waals surface area contributed by atoms with Crippen molar-refractivity contribution >= 4 is 28.7 Å². The number of rotatable bonds is 1. The van der Waals surface area contributed by atoms with E-state index in [2.05, 4.69) is 47.3 Å². The van der Waals surface area contributed by atoms with Crippen molar-refractivity contribution in [2.45, 2.75) is 25.3 Å². The van der Waals surface area contributed by atoms with Crippen LogP contribution in [0.25, 0.3) is 0 Å². The molecule has 5 heteroatoms. The molecule has 2 aromatic rings. The predicted octanol–water partition coefficient (Wildman–Crippen LogP) is 4.14. The van der Waals surface area contributed by atoms with E-state index in [0.29, 0.717) is 22.8 Å². The molecule has 1 fully saturated rings. The Hall–Kier alpha value is -1.98. The minimum absolute atomic E-state index is 0.284. The van der Waals surface area contributed by atoms with E-state index in [1.807, 2.05) is 6.07 Å². The number of thiocarbonyl (C=S) groups is 1. The third kappa shape index (κ3) is 2.92. The number of nitrogens with zero attached hydrogens (tertiary/aromatic N) is 2. The van der Waals surface area contributed by atoms with Crippen molar-refractivity contribution in [2.75, 3.05) is 30.4 Å². The number of nitrogens with one attached hydrogen (secondary N) is 1. The molecule has 0 radical (unpaired) electrons. The second-order valence-electron chi connectivity index (χ2n) is 7.07. The summed E-state index contributed by atoms with van der Waals surface area (Å²) in [6.07, 6.45) is 1.05. The summed E-state index contributed by atoms with van der Waals surface area (Å²) < 4.78 is 14.0. The molecule has 0 amide bonds. The van der Waals surface area contributed by atoms with Crippen LogP contribution in [0, 0.1) is 12.7 Å². The summed E-state index contributed by atoms with van der Waals surface area (Å²) in [7, 11) is 2.17. The summed E-state index contributed by atoms with van der Waals surface area (Å²) in [6.45, 7) is 4.20. The highest BCUT2D eigenvalue weighted by atomic mass is 32.1. The molecular formula is C20H22FN3S. The van der Waals surface area contributed by atoms with Gasteiger partial charge in [0.25, 0.3) is 0 Å². The Morgan fingerprint density at radius 3 is 2.84 bits per heavy atom. The normalized spacial score (nSPS) is 22.4. The van der Waals surface area contributed by atoms with E-state index in [1.165, 1.54) is 17.2 Å². The first-order chi connectivity index (χ1) is 12.0. The average Bonchev–Trinajstić information content (AvgIpc) is 2.90. The smallest absolute Gasteiger partial charge is 0.178 e. The Balaban J connectivity index is 1.69. The Bertz CT molecular complexity index is 822. The number of para-hydroxylation sites is 1. The standard InChI is InChI=1S/C20H22FN3S/c1-13-7-8-18-14(11-13)15-12-23(2)10-9-19(15)24(18)20(25)22-17-6-4-3-5-16(17)21/h3-8,11,15,19H,9-10,12H2,1-2H3,(H,22,25)/t15-,19+/m1/s1. The maximum atomic E-state index is 14.0. The quantitative estimate of drug-likeness (QED) is 0.775. The molecule has 2 atom stereocenters. The SMILES string of the molecule is Cc1ccc2c(c1)[C@H]1CN(C)CC[C@@H]1N2C(=S)Nc1ccccc1F. The van der Waals surface area contributed by atoms with Gasteiger partial charge in [-0.1, -0.05) is 29.8 Å². The maximum Gasteiger partial charge on any atom is 0.178 e. The largest absolute Gasteiger partial charge is 0.330 e. The first-order valence-electron chi connectivity index (χ1n) is 8.68. The number of hydrogen-bond acceptors (Lipinski definition) is 2. The second-order valence-corrected chi connectivity index (χ2v) is 7.45. The van der Waals surface area contributed by atoms with Gasteiger partial charge >= 0.3 is 0 Å². The van der Waals surface area contributed by atoms with Crippen molar-refractivity contribution in [1.29, 1.82) is 0 Å². The van der Waals surface area contributed by atoms with Crippen molar-refractivity contribution in [2.24, 2.45) is 0 Å². The highest BCUT2D eigenvalue weighted by Gasteiger charge is 2.42. The summed E-state index contributed by atoms with van der Waals surface area (Å²) >= 11 is 5.70. The minimum Gasteiger partial charge on any atom is -0.330 e. The fraction of sp³-hybridized carbons (Fsp3) is 0.350. The molecule has 0 spiro atoms. The van der Waals surface area contributed by atoms with E-state index in [-0.39, 0.29) is 5.82 Å². The summed E-state index contributed by atoms with van der Waals surface area (Å²) in [4.78, 5) is 4.58. The van der Waals surface area contributed by atoms with Gasteiger partial charge in [0.05, 0.1) is 5.69 Å². The van der Waals surface area contributed by atoms with E-state index < -0.39 is 0 Å². The van der Waals surface area contributed by atoms with Crippen LogP contribution in [0.5, 0.6) is 0 Å². The Morgan fingerprint density at radius 1 is 1.24 bits per heavy atom. The van der Waals surface area contributed by atoms with Crippen LogP contribution in [-0.2, 0) is 0 Å². The molecule has 2 aromatic carbocycles. The number of benzene rings is 2. The summed E-state index contributed by atoms with van der Waals surface area (Å²) in [6, 6.07) is 13.6. The van der Waals surface area contributed by atoms with Crippen LogP contribution < -0.4 is 10.2 Å². The Kier molecular flexibility index (Phi) is 4.21. The average molecular weight is 355 g/mol. The topological polar surface area (TPSA) is 18.5 Å². The van der Waals surface area contributed by atoms with Crippen molar-refractivity contribution < 1.29 is 4.39 Å². The lowest BCUT2D eigenvalue weighted by Crippen LogP contribution is -2.48. The van der Waals surface area contributed by atoms with Crippen LogP contribution in [0.2, 0.25) is 0 Å². The summed E-state index contributed by atoms with van der Waals surface area (Å²) in [5.41, 5.74) is 4.21. The van der Waals surface area contributed by atoms with Gasteiger partial charge in [-0.05, 0) is 62.9 Å². The number of anilines is 2. The van der Waals surface area contributed by atoms with E-state index in [0.717, 1.165) is 25.2 Å². The van der Waals surface area contributed by atoms with Crippen LogP contribution in [0.15, 0.2) is 42.5 Å². The molecule has 3 nitrogen and oxygen atoms in total. The van der Waals surface area contributed by atoms with Gasteiger partial charge in [-0.2, -0.15) is 0 Å². The molecular weight excluding hydrogens is 333 g/mol. The van der Waals surface area contributed by atoms with Gasteiger partial charge < -0.3 is 15.1 Å². The van der Waals surface area contributed by atoms with Crippen LogP contribution in [0.4, 0.5) is 15.8 Å². The fourth-order valence-corrected chi connectivity index (χ4v) is 4.43. The van der Waals surface area contributed by atoms with Gasteiger partial charge in [0, 0.05) is 24.2 Å². The van der Waals surface area contributed by atoms with E-state index in [4.69, 9.17) is 12.2 Å². The molecule has 0 bridgehead atoms. The molecule has 0 aliphatic carbocycles. The van der Waals surface area contributed by atoms with Crippen LogP contribution >= 0.6 is 12.2 Å². The zero-order chi connectivity index (χ0) is 17.6. The highest BCUT2D eigenvalue weighted by Crippen LogP contribution is 2.45. The molecule has 0 unspecified atom stereocenters. The van der Waals surface area contributed by atoms with Crippen molar-refractivity contribution in [3.8, 4) is 0 Å². The lowest BCUT2D eigenvalue weighted by Gasteiger charge is -2.37. The minimum atomic E-state index is -0.284. The molecule has 2 aliphatic rings. The zero-order valence-corrected chi connectivity index (χ0v) is 15.3. The van der Waals surface area contributed by atoms with Crippen LogP contribution in [0.1, 0.15) is 23.5 Å². The Labute approximate surface area is 153 Å². The van der Waals surface area contributed by atoms with Crippen LogP contribution in [-0.4, -0.2) is 36.2 Å². The Morgan fingerprint density at radius 2 is 2.04 bits per heavy atom. The molecule has 25 heavy (non-hydrogen) atoms. The summed E-state index contributed by atoms with van der Waals surface area (Å²) in [5, 5.41) is 3.70. The number of aryl methyl sites for hydroxylation is 1. The molecule has 130 valence electrons. The first-order valence-corrected chi connectivity index (χ1v) is 9.09. The first kappa shape index (κ1) is 16.5. The molecule has 0 aromatic heterocycles. The second kappa shape index (κ2) is 6.39. The van der Waals surface area contributed by atoms with Gasteiger partial charge in [0.2, 0.25) is 0 Å². The lowest BCUT2D eigenvalue weighted by atomic mass is 9.89. The van der Waals surface area contributed by atoms with E-state index in [1.54, 1.807) is 12.1 Å². The number of likely N-dealkylation sites (tertiary alicyclic amines) is 1. The van der Waals surface area contributed by atoms with Crippen molar-refractivity contribution in [3.63, 3.8) is 0 Å². The highest BCUT2D eigenvalue weighted by molar-refractivity contribution is 7.80. The number of piperidine rings is 1. The van der Waals surface area contributed by atoms with Crippen molar-refractivity contribution in [1.82, 2.24) is 4.90 Å². The zero-order valence-electron chi connectivity index (χ0n) is 14.5.